The number of hydrogen-bond acceptors (Lipinski definition) is 0. The van der Waals surface area contributed by atoms with Crippen molar-refractivity contribution in [2.24, 2.45) is 0 Å². The number of quaternary nitrogens is 2. The van der Waals surface area contributed by atoms with Crippen LogP contribution in [0.15, 0.2) is 0 Å². The first-order chi connectivity index (χ1) is 3.95. The normalized spacial score (nSPS) is 30.0. The van der Waals surface area contributed by atoms with Crippen LogP contribution in [0.4, 0.5) is 0 Å². The Morgan fingerprint density at radius 3 is 0.750 bits per heavy atom. The van der Waals surface area contributed by atoms with Crippen molar-refractivity contribution < 1.29 is 140 Å². The summed E-state index contributed by atoms with van der Waals surface area (Å²) in [4.78, 5) is 3.69. The molecule has 70 valence electrons. The molecule has 2 N–H and O–H groups in total. The summed E-state index contributed by atoms with van der Waals surface area (Å²) in [5.41, 5.74) is 0. The van der Waals surface area contributed by atoms with Crippen LogP contribution in [-0.4, -0.2) is 39.3 Å². The van der Waals surface area contributed by atoms with Crippen LogP contribution in [0.25, 0.3) is 0 Å². The molecule has 12 heavy (non-hydrogen) atoms. The molecule has 0 radical (unpaired) electrons. The maximum absolute atomic E-state index is 1.85. The molecule has 0 aromatic heterocycles. The van der Waals surface area contributed by atoms with Gasteiger partial charge in [-0.25, -0.2) is 0 Å². The van der Waals surface area contributed by atoms with Crippen LogP contribution in [-0.2, 0) is 0 Å². The van der Waals surface area contributed by atoms with Gasteiger partial charge in [0.1, 0.15) is 39.3 Å². The molecular weight excluding hydrogens is 566 g/mol. The Balaban J connectivity index is -0.000000202. The van der Waals surface area contributed by atoms with Crippen LogP contribution in [0.1, 0.15) is 0 Å². The average molecular weight is 580 g/mol. The second kappa shape index (κ2) is 11.4. The van der Waals surface area contributed by atoms with Gasteiger partial charge in [-0.3, -0.25) is 0 Å². The fourth-order valence-corrected chi connectivity index (χ4v) is 1.81. The van der Waals surface area contributed by atoms with Gasteiger partial charge in [-0.05, 0) is 0 Å². The third-order valence-corrected chi connectivity index (χ3v) is 2.50. The van der Waals surface area contributed by atoms with E-state index in [2.05, 4.69) is 0 Å². The first kappa shape index (κ1) is 21.2. The quantitative estimate of drug-likeness (QED) is 0.264. The predicted molar refractivity (Wildman–Crippen MR) is 31.1 cm³/mol. The van der Waals surface area contributed by atoms with E-state index in [1.807, 2.05) is 9.80 Å². The zero-order chi connectivity index (χ0) is 5.40. The van der Waals surface area contributed by atoms with Gasteiger partial charge in [0.15, 0.2) is 0 Å². The number of fused-ring (bicyclic) bond motifs is 3. The molecule has 0 aliphatic carbocycles. The van der Waals surface area contributed by atoms with Crippen LogP contribution < -0.4 is 140 Å². The standard InChI is InChI=1S/C6H12N2.3HI.Rb/c1-2-8-5-3-7(1)4-6-8;;;;/h1-6H2;3*1H;/q;;;;+1/p-1. The van der Waals surface area contributed by atoms with Gasteiger partial charge in [-0.1, -0.05) is 0 Å². The van der Waals surface area contributed by atoms with Crippen molar-refractivity contribution in [3.63, 3.8) is 0 Å². The average Bonchev–Trinajstić information content (AvgIpc) is 1.92. The summed E-state index contributed by atoms with van der Waals surface area (Å²) in [6, 6.07) is 0. The summed E-state index contributed by atoms with van der Waals surface area (Å²) in [6.45, 7) is 8.64. The van der Waals surface area contributed by atoms with E-state index in [4.69, 9.17) is 0 Å². The van der Waals surface area contributed by atoms with Crippen molar-refractivity contribution >= 4 is 0 Å². The van der Waals surface area contributed by atoms with Crippen molar-refractivity contribution in [3.05, 3.63) is 0 Å². The van der Waals surface area contributed by atoms with E-state index in [-0.39, 0.29) is 130 Å². The van der Waals surface area contributed by atoms with Gasteiger partial charge < -0.3 is 81.7 Å². The van der Waals surface area contributed by atoms with E-state index in [0.717, 1.165) is 0 Å². The van der Waals surface area contributed by atoms with E-state index in [1.165, 1.54) is 39.3 Å². The Kier molecular flexibility index (Phi) is 20.2. The van der Waals surface area contributed by atoms with E-state index >= 15 is 0 Å². The van der Waals surface area contributed by atoms with E-state index in [0.29, 0.717) is 0 Å². The molecule has 0 atom stereocenters. The van der Waals surface area contributed by atoms with Crippen molar-refractivity contribution in [3.8, 4) is 0 Å². The Bertz CT molecular complexity index is 75.8. The summed E-state index contributed by atoms with van der Waals surface area (Å²) in [6.07, 6.45) is 0. The van der Waals surface area contributed by atoms with Crippen molar-refractivity contribution in [2.75, 3.05) is 39.3 Å². The van der Waals surface area contributed by atoms with Gasteiger partial charge in [-0.2, -0.15) is 0 Å². The molecule has 0 spiro atoms. The first-order valence-electron chi connectivity index (χ1n) is 3.62. The number of nitrogens with one attached hydrogen (secondary N) is 2. The molecule has 0 unspecified atom stereocenters. The molecule has 3 saturated heterocycles. The van der Waals surface area contributed by atoms with Crippen LogP contribution in [0.2, 0.25) is 0 Å². The van der Waals surface area contributed by atoms with Crippen LogP contribution in [0.3, 0.4) is 0 Å². The van der Waals surface area contributed by atoms with E-state index < -0.39 is 0 Å². The molecule has 6 heteroatoms. The summed E-state index contributed by atoms with van der Waals surface area (Å²) in [5, 5.41) is 0. The van der Waals surface area contributed by atoms with Gasteiger partial charge in [0, 0.05) is 0 Å². The summed E-state index contributed by atoms with van der Waals surface area (Å²) in [7, 11) is 0. The van der Waals surface area contributed by atoms with Crippen LogP contribution in [0.5, 0.6) is 0 Å². The molecule has 0 amide bonds. The molecule has 3 aliphatic heterocycles. The molecule has 2 nitrogen and oxygen atoms in total. The molecule has 0 saturated carbocycles. The Labute approximate surface area is 175 Å². The Morgan fingerprint density at radius 1 is 0.500 bits per heavy atom. The Hall–Kier alpha value is 3.92. The minimum atomic E-state index is 0. The van der Waals surface area contributed by atoms with Gasteiger partial charge >= 0.3 is 58.2 Å². The maximum Gasteiger partial charge on any atom is 1.00 e. The molecular formula is C6H14I3N2Rb. The molecule has 2 bridgehead atoms. The number of hydrogen-bond donors (Lipinski definition) is 2. The summed E-state index contributed by atoms with van der Waals surface area (Å²) < 4.78 is 0. The maximum atomic E-state index is 1.85. The van der Waals surface area contributed by atoms with Gasteiger partial charge in [-0.15, -0.1) is 0 Å². The minimum absolute atomic E-state index is 0. The van der Waals surface area contributed by atoms with Gasteiger partial charge in [0.25, 0.3) is 0 Å². The summed E-state index contributed by atoms with van der Waals surface area (Å²) >= 11 is 0. The number of piperazine rings is 3. The fourth-order valence-electron chi connectivity index (χ4n) is 1.81. The predicted octanol–water partition coefficient (Wildman–Crippen LogP) is -15.2. The zero-order valence-corrected chi connectivity index (χ0v) is 18.8. The molecule has 3 heterocycles. The third-order valence-electron chi connectivity index (χ3n) is 2.50. The summed E-state index contributed by atoms with van der Waals surface area (Å²) in [5.74, 6) is 0. The first-order valence-corrected chi connectivity index (χ1v) is 3.62. The second-order valence-corrected chi connectivity index (χ2v) is 3.00. The Morgan fingerprint density at radius 2 is 0.667 bits per heavy atom. The van der Waals surface area contributed by atoms with Crippen molar-refractivity contribution in [1.29, 1.82) is 0 Å². The van der Waals surface area contributed by atoms with Gasteiger partial charge in [0.05, 0.1) is 0 Å². The minimum Gasteiger partial charge on any atom is -1.00 e. The van der Waals surface area contributed by atoms with E-state index in [1.54, 1.807) is 0 Å². The molecule has 3 rings (SSSR count). The van der Waals surface area contributed by atoms with Crippen LogP contribution >= 0.6 is 0 Å². The topological polar surface area (TPSA) is 8.88 Å². The SMILES string of the molecule is C1C[NH+]2CC[NH+]1CC2.[I-].[I-].[I-].[Rb+]. The molecule has 0 aromatic carbocycles. The smallest absolute Gasteiger partial charge is 1.00 e. The molecule has 3 fully saturated rings. The third kappa shape index (κ3) is 6.49. The van der Waals surface area contributed by atoms with E-state index in [9.17, 15) is 0 Å². The number of rotatable bonds is 0. The number of halogens is 3. The van der Waals surface area contributed by atoms with Crippen molar-refractivity contribution in [2.45, 2.75) is 0 Å². The van der Waals surface area contributed by atoms with Crippen molar-refractivity contribution in [1.82, 2.24) is 0 Å². The largest absolute Gasteiger partial charge is 1.00 e. The monoisotopic (exact) mass is 580 g/mol. The second-order valence-electron chi connectivity index (χ2n) is 3.00. The molecule has 0 aromatic rings. The van der Waals surface area contributed by atoms with Crippen LogP contribution in [0, 0.1) is 0 Å². The van der Waals surface area contributed by atoms with Gasteiger partial charge in [0.2, 0.25) is 0 Å². The fraction of sp³-hybridized carbons (Fsp3) is 1.00. The zero-order valence-electron chi connectivity index (χ0n) is 7.38. The molecule has 3 aliphatic rings.